The minimum atomic E-state index is -0.103. The van der Waals surface area contributed by atoms with Gasteiger partial charge in [-0.05, 0) is 42.8 Å². The van der Waals surface area contributed by atoms with Gasteiger partial charge in [-0.25, -0.2) is 9.67 Å². The lowest BCUT2D eigenvalue weighted by Gasteiger charge is -2.19. The maximum Gasteiger partial charge on any atom is 0.262 e. The third-order valence-electron chi connectivity index (χ3n) is 4.70. The van der Waals surface area contributed by atoms with Crippen molar-refractivity contribution in [1.82, 2.24) is 19.3 Å². The third kappa shape index (κ3) is 4.11. The van der Waals surface area contributed by atoms with Crippen molar-refractivity contribution in [3.63, 3.8) is 0 Å². The van der Waals surface area contributed by atoms with Crippen LogP contribution in [0.2, 0.25) is 0 Å². The lowest BCUT2D eigenvalue weighted by molar-refractivity contribution is 0.156. The van der Waals surface area contributed by atoms with Crippen LogP contribution in [0.3, 0.4) is 0 Å². The van der Waals surface area contributed by atoms with E-state index in [-0.39, 0.29) is 11.6 Å². The minimum Gasteiger partial charge on any atom is -0.383 e. The number of nitrogens with zero attached hydrogens (tertiary/aromatic N) is 4. The van der Waals surface area contributed by atoms with E-state index >= 15 is 0 Å². The van der Waals surface area contributed by atoms with E-state index in [9.17, 15) is 4.79 Å². The molecule has 7 heteroatoms. The predicted octanol–water partition coefficient (Wildman–Crippen LogP) is 4.08. The fraction of sp³-hybridized carbons (Fsp3) is 0.227. The average Bonchev–Trinajstić information content (AvgIpc) is 3.28. The monoisotopic (exact) mass is 406 g/mol. The van der Waals surface area contributed by atoms with Crippen LogP contribution in [0, 0.1) is 0 Å². The standard InChI is InChI=1S/C22H22N4O2S/c1-16(14-28-2)26-21(27)19-6-3-4-7-20(19)24-22(26)29-15-17-8-10-18(11-9-17)25-13-5-12-23-25/h3-13,16H,14-15H2,1-2H3/t16-/m0/s1. The number of fused-ring (bicyclic) bond motifs is 1. The second-order valence-corrected chi connectivity index (χ2v) is 7.74. The molecule has 4 rings (SSSR count). The van der Waals surface area contributed by atoms with Crippen LogP contribution in [0.15, 0.2) is 76.9 Å². The zero-order valence-electron chi connectivity index (χ0n) is 16.4. The molecule has 0 fully saturated rings. The van der Waals surface area contributed by atoms with Gasteiger partial charge in [0.25, 0.3) is 5.56 Å². The Balaban J connectivity index is 1.63. The molecule has 0 bridgehead atoms. The number of ether oxygens (including phenoxy) is 1. The molecule has 148 valence electrons. The zero-order chi connectivity index (χ0) is 20.2. The van der Waals surface area contributed by atoms with Crippen LogP contribution in [0.25, 0.3) is 16.6 Å². The maximum atomic E-state index is 13.1. The van der Waals surface area contributed by atoms with E-state index in [1.807, 2.05) is 60.3 Å². The van der Waals surface area contributed by atoms with Crippen molar-refractivity contribution in [3.8, 4) is 5.69 Å². The lowest BCUT2D eigenvalue weighted by atomic mass is 10.2. The molecule has 0 aliphatic heterocycles. The van der Waals surface area contributed by atoms with Crippen molar-refractivity contribution in [2.45, 2.75) is 23.9 Å². The minimum absolute atomic E-state index is 0.0309. The molecule has 0 spiro atoms. The van der Waals surface area contributed by atoms with E-state index in [0.29, 0.717) is 22.9 Å². The van der Waals surface area contributed by atoms with Crippen LogP contribution >= 0.6 is 11.8 Å². The summed E-state index contributed by atoms with van der Waals surface area (Å²) in [5, 5.41) is 5.58. The van der Waals surface area contributed by atoms with Crippen LogP contribution in [-0.4, -0.2) is 33.0 Å². The summed E-state index contributed by atoms with van der Waals surface area (Å²) in [5.74, 6) is 0.712. The number of hydrogen-bond acceptors (Lipinski definition) is 5. The Morgan fingerprint density at radius 1 is 1.10 bits per heavy atom. The quantitative estimate of drug-likeness (QED) is 0.342. The molecule has 0 saturated carbocycles. The molecule has 0 radical (unpaired) electrons. The highest BCUT2D eigenvalue weighted by atomic mass is 32.2. The number of hydrogen-bond donors (Lipinski definition) is 0. The first kappa shape index (κ1) is 19.4. The van der Waals surface area contributed by atoms with Crippen molar-refractivity contribution in [2.24, 2.45) is 0 Å². The number of benzene rings is 2. The van der Waals surface area contributed by atoms with Crippen molar-refractivity contribution in [2.75, 3.05) is 13.7 Å². The van der Waals surface area contributed by atoms with Gasteiger partial charge in [0.15, 0.2) is 5.16 Å². The van der Waals surface area contributed by atoms with Crippen molar-refractivity contribution >= 4 is 22.7 Å². The Morgan fingerprint density at radius 2 is 1.90 bits per heavy atom. The third-order valence-corrected chi connectivity index (χ3v) is 5.72. The Kier molecular flexibility index (Phi) is 5.78. The van der Waals surface area contributed by atoms with Gasteiger partial charge in [-0.15, -0.1) is 0 Å². The molecule has 2 aromatic carbocycles. The van der Waals surface area contributed by atoms with Crippen LogP contribution in [-0.2, 0) is 10.5 Å². The molecule has 0 unspecified atom stereocenters. The van der Waals surface area contributed by atoms with Gasteiger partial charge in [0.05, 0.1) is 29.2 Å². The molecule has 4 aromatic rings. The molecular formula is C22H22N4O2S. The summed E-state index contributed by atoms with van der Waals surface area (Å²) in [7, 11) is 1.64. The number of aromatic nitrogens is 4. The smallest absolute Gasteiger partial charge is 0.262 e. The summed E-state index contributed by atoms with van der Waals surface area (Å²) in [6.07, 6.45) is 3.67. The zero-order valence-corrected chi connectivity index (χ0v) is 17.2. The molecular weight excluding hydrogens is 384 g/mol. The molecule has 0 amide bonds. The second kappa shape index (κ2) is 8.63. The van der Waals surface area contributed by atoms with Gasteiger partial charge in [0, 0.05) is 25.3 Å². The molecule has 6 nitrogen and oxygen atoms in total. The van der Waals surface area contributed by atoms with Crippen LogP contribution in [0.4, 0.5) is 0 Å². The fourth-order valence-electron chi connectivity index (χ4n) is 3.25. The Bertz CT molecular complexity index is 1150. The van der Waals surface area contributed by atoms with Crippen LogP contribution < -0.4 is 5.56 Å². The predicted molar refractivity (Wildman–Crippen MR) is 116 cm³/mol. The highest BCUT2D eigenvalue weighted by Gasteiger charge is 2.16. The van der Waals surface area contributed by atoms with E-state index < -0.39 is 0 Å². The summed E-state index contributed by atoms with van der Waals surface area (Å²) in [4.78, 5) is 17.9. The van der Waals surface area contributed by atoms with Crippen molar-refractivity contribution in [3.05, 3.63) is 82.9 Å². The molecule has 29 heavy (non-hydrogen) atoms. The van der Waals surface area contributed by atoms with E-state index in [1.165, 1.54) is 0 Å². The van der Waals surface area contributed by atoms with Gasteiger partial charge < -0.3 is 4.74 Å². The number of para-hydroxylation sites is 1. The summed E-state index contributed by atoms with van der Waals surface area (Å²) < 4.78 is 8.86. The van der Waals surface area contributed by atoms with Gasteiger partial charge in [0.1, 0.15) is 0 Å². The van der Waals surface area contributed by atoms with Gasteiger partial charge in [-0.2, -0.15) is 5.10 Å². The van der Waals surface area contributed by atoms with E-state index in [2.05, 4.69) is 17.2 Å². The van der Waals surface area contributed by atoms with Gasteiger partial charge in [0.2, 0.25) is 0 Å². The van der Waals surface area contributed by atoms with E-state index in [0.717, 1.165) is 16.8 Å². The largest absolute Gasteiger partial charge is 0.383 e. The molecule has 0 aliphatic carbocycles. The first-order valence-electron chi connectivity index (χ1n) is 9.39. The average molecular weight is 407 g/mol. The molecule has 0 saturated heterocycles. The molecule has 1 atom stereocenters. The highest BCUT2D eigenvalue weighted by molar-refractivity contribution is 7.98. The van der Waals surface area contributed by atoms with Crippen molar-refractivity contribution in [1.29, 1.82) is 0 Å². The summed E-state index contributed by atoms with van der Waals surface area (Å²) in [6, 6.07) is 17.5. The van der Waals surface area contributed by atoms with Crippen LogP contribution in [0.5, 0.6) is 0 Å². The van der Waals surface area contributed by atoms with E-state index in [4.69, 9.17) is 9.72 Å². The Hall–Kier alpha value is -2.90. The normalized spacial score (nSPS) is 12.3. The lowest BCUT2D eigenvalue weighted by Crippen LogP contribution is -2.28. The summed E-state index contributed by atoms with van der Waals surface area (Å²) in [6.45, 7) is 2.43. The number of thioether (sulfide) groups is 1. The Morgan fingerprint density at radius 3 is 2.62 bits per heavy atom. The second-order valence-electron chi connectivity index (χ2n) is 6.80. The Labute approximate surface area is 173 Å². The van der Waals surface area contributed by atoms with E-state index in [1.54, 1.807) is 29.6 Å². The maximum absolute atomic E-state index is 13.1. The first-order valence-corrected chi connectivity index (χ1v) is 10.4. The van der Waals surface area contributed by atoms with Gasteiger partial charge >= 0.3 is 0 Å². The van der Waals surface area contributed by atoms with Crippen molar-refractivity contribution < 1.29 is 4.74 Å². The molecule has 2 heterocycles. The first-order chi connectivity index (χ1) is 14.2. The molecule has 2 aromatic heterocycles. The summed E-state index contributed by atoms with van der Waals surface area (Å²) in [5.41, 5.74) is 2.85. The fourth-order valence-corrected chi connectivity index (χ4v) is 4.30. The van der Waals surface area contributed by atoms with Crippen LogP contribution in [0.1, 0.15) is 18.5 Å². The molecule has 0 N–H and O–H groups in total. The topological polar surface area (TPSA) is 61.9 Å². The van der Waals surface area contributed by atoms with Gasteiger partial charge in [-0.1, -0.05) is 36.0 Å². The summed E-state index contributed by atoms with van der Waals surface area (Å²) >= 11 is 1.56. The number of methoxy groups -OCH3 is 1. The number of rotatable bonds is 7. The SMILES string of the molecule is COC[C@H](C)n1c(SCc2ccc(-n3cccn3)cc2)nc2ccccc2c1=O. The highest BCUT2D eigenvalue weighted by Crippen LogP contribution is 2.25. The molecule has 0 aliphatic rings. The van der Waals surface area contributed by atoms with Gasteiger partial charge in [-0.3, -0.25) is 9.36 Å².